The fourth-order valence-electron chi connectivity index (χ4n) is 5.20. The van der Waals surface area contributed by atoms with Gasteiger partial charge in [-0.2, -0.15) is 15.5 Å². The number of rotatable bonds is 7. The molecule has 230 valence electrons. The number of thioether (sulfide) groups is 1. The molecule has 2 N–H and O–H groups in total. The molecule has 0 saturated carbocycles. The second-order valence-electron chi connectivity index (χ2n) is 11.1. The van der Waals surface area contributed by atoms with Crippen LogP contribution in [0.25, 0.3) is 32.1 Å². The molecule has 0 radical (unpaired) electrons. The van der Waals surface area contributed by atoms with Crippen LogP contribution in [0.3, 0.4) is 0 Å². The summed E-state index contributed by atoms with van der Waals surface area (Å²) in [6.45, 7) is 7.97. The van der Waals surface area contributed by atoms with Gasteiger partial charge in [0.2, 0.25) is 0 Å². The molecule has 1 aliphatic rings. The first-order chi connectivity index (χ1) is 21.6. The van der Waals surface area contributed by atoms with Crippen LogP contribution in [0.15, 0.2) is 35.6 Å². The van der Waals surface area contributed by atoms with E-state index in [0.717, 1.165) is 28.3 Å². The maximum absolute atomic E-state index is 16.1. The van der Waals surface area contributed by atoms with Crippen molar-refractivity contribution in [3.8, 4) is 17.2 Å². The van der Waals surface area contributed by atoms with Crippen LogP contribution in [0.2, 0.25) is 5.02 Å². The van der Waals surface area contributed by atoms with E-state index in [1.165, 1.54) is 17.8 Å². The highest BCUT2D eigenvalue weighted by Gasteiger charge is 2.31. The van der Waals surface area contributed by atoms with Crippen LogP contribution >= 0.6 is 34.7 Å². The molecule has 6 rings (SSSR count). The normalized spacial score (nSPS) is 12.7. The van der Waals surface area contributed by atoms with Crippen molar-refractivity contribution in [2.24, 2.45) is 0 Å². The van der Waals surface area contributed by atoms with Gasteiger partial charge in [0, 0.05) is 27.4 Å². The molecule has 0 atom stereocenters. The molecular formula is C31H27ClFN7O3S2. The number of carbonyl (C=O) groups is 1. The van der Waals surface area contributed by atoms with Crippen molar-refractivity contribution in [1.29, 1.82) is 5.26 Å². The Labute approximate surface area is 271 Å². The number of aromatic nitrogens is 4. The van der Waals surface area contributed by atoms with Gasteiger partial charge >= 0.3 is 6.09 Å². The Hall–Kier alpha value is -4.09. The van der Waals surface area contributed by atoms with E-state index in [4.69, 9.17) is 31.0 Å². The van der Waals surface area contributed by atoms with Gasteiger partial charge in [-0.05, 0) is 61.9 Å². The van der Waals surface area contributed by atoms with Crippen molar-refractivity contribution in [1.82, 2.24) is 20.2 Å². The topological polar surface area (TPSA) is 135 Å². The molecule has 1 amide bonds. The lowest BCUT2D eigenvalue weighted by Gasteiger charge is -2.19. The van der Waals surface area contributed by atoms with Crippen LogP contribution in [0.4, 0.5) is 20.0 Å². The van der Waals surface area contributed by atoms with Crippen molar-refractivity contribution in [3.05, 3.63) is 63.7 Å². The van der Waals surface area contributed by atoms with Crippen LogP contribution in [-0.2, 0) is 29.2 Å². The summed E-state index contributed by atoms with van der Waals surface area (Å²) in [5.74, 6) is 0.692. The van der Waals surface area contributed by atoms with Crippen molar-refractivity contribution in [2.75, 3.05) is 16.4 Å². The third-order valence-corrected chi connectivity index (χ3v) is 9.06. The monoisotopic (exact) mass is 663 g/mol. The quantitative estimate of drug-likeness (QED) is 0.130. The number of nitrogens with zero attached hydrogens (tertiary/aromatic N) is 5. The molecule has 0 unspecified atom stereocenters. The van der Waals surface area contributed by atoms with Gasteiger partial charge in [-0.3, -0.25) is 5.32 Å². The second kappa shape index (κ2) is 12.4. The summed E-state index contributed by atoms with van der Waals surface area (Å²) in [6, 6.07) is 8.74. The number of carbonyl (C=O) groups excluding carboxylic acids is 1. The summed E-state index contributed by atoms with van der Waals surface area (Å²) < 4.78 is 28.0. The van der Waals surface area contributed by atoms with E-state index in [2.05, 4.69) is 26.9 Å². The molecule has 0 aliphatic carbocycles. The number of halogens is 2. The number of ether oxygens (including phenoxy) is 2. The summed E-state index contributed by atoms with van der Waals surface area (Å²) in [7, 11) is 0. The molecule has 3 aromatic heterocycles. The molecule has 1 aliphatic heterocycles. The van der Waals surface area contributed by atoms with Crippen LogP contribution in [0.1, 0.15) is 50.1 Å². The fourth-order valence-corrected chi connectivity index (χ4v) is 7.16. The van der Waals surface area contributed by atoms with Gasteiger partial charge in [-0.15, -0.1) is 11.3 Å². The number of amides is 1. The van der Waals surface area contributed by atoms with Crippen LogP contribution < -0.4 is 10.6 Å². The van der Waals surface area contributed by atoms with Gasteiger partial charge in [0.1, 0.15) is 28.3 Å². The molecule has 10 nitrogen and oxygen atoms in total. The number of thiophene rings is 1. The van der Waals surface area contributed by atoms with Crippen molar-refractivity contribution >= 4 is 72.6 Å². The smallest absolute Gasteiger partial charge is 0.412 e. The molecule has 5 aromatic rings. The van der Waals surface area contributed by atoms with E-state index in [1.807, 2.05) is 13.0 Å². The zero-order chi connectivity index (χ0) is 31.9. The number of fused-ring (bicyclic) bond motifs is 4. The summed E-state index contributed by atoms with van der Waals surface area (Å²) in [5, 5.41) is 26.4. The Balaban J connectivity index is 1.57. The Bertz CT molecular complexity index is 2010. The first-order valence-corrected chi connectivity index (χ1v) is 16.2. The van der Waals surface area contributed by atoms with Crippen molar-refractivity contribution in [2.45, 2.75) is 58.2 Å². The standard InChI is InChI=1S/C31H27ClFN7O3S2/c1-5-44-29-37-26-23(27(38-29)35-12-15-7-6-10-36-40-15)18-14-42-13-17(18)22(25(26)32)24-19(33)8-9-20-21(24)16(11-34)28(45-20)39-30(41)43-31(2,3)4/h6-10H,5,12-14H2,1-4H3,(H,39,41)(H,35,37,38). The molecule has 45 heavy (non-hydrogen) atoms. The first-order valence-electron chi connectivity index (χ1n) is 14.0. The predicted octanol–water partition coefficient (Wildman–Crippen LogP) is 8.07. The summed E-state index contributed by atoms with van der Waals surface area (Å²) in [5.41, 5.74) is 2.50. The van der Waals surface area contributed by atoms with Crippen LogP contribution in [-0.4, -0.2) is 37.6 Å². The molecule has 0 saturated heterocycles. The number of nitrogens with one attached hydrogen (secondary N) is 2. The maximum Gasteiger partial charge on any atom is 0.412 e. The lowest BCUT2D eigenvalue weighted by Crippen LogP contribution is -2.27. The summed E-state index contributed by atoms with van der Waals surface area (Å²) >= 11 is 9.81. The van der Waals surface area contributed by atoms with Crippen molar-refractivity contribution < 1.29 is 18.7 Å². The van der Waals surface area contributed by atoms with Gasteiger partial charge in [0.25, 0.3) is 0 Å². The van der Waals surface area contributed by atoms with Gasteiger partial charge in [0.05, 0.1) is 46.9 Å². The third-order valence-electron chi connectivity index (χ3n) is 6.90. The average molecular weight is 664 g/mol. The van der Waals surface area contributed by atoms with E-state index < -0.39 is 17.5 Å². The highest BCUT2D eigenvalue weighted by molar-refractivity contribution is 7.99. The molecule has 14 heteroatoms. The van der Waals surface area contributed by atoms with Crippen LogP contribution in [0.5, 0.6) is 0 Å². The maximum atomic E-state index is 16.1. The summed E-state index contributed by atoms with van der Waals surface area (Å²) in [4.78, 5) is 22.2. The first kappa shape index (κ1) is 30.9. The third kappa shape index (κ3) is 5.98. The number of anilines is 2. The van der Waals surface area contributed by atoms with Crippen LogP contribution in [0, 0.1) is 17.1 Å². The molecule has 0 spiro atoms. The van der Waals surface area contributed by atoms with E-state index in [9.17, 15) is 10.1 Å². The molecule has 4 heterocycles. The lowest BCUT2D eigenvalue weighted by molar-refractivity contribution is 0.0636. The van der Waals surface area contributed by atoms with E-state index in [0.29, 0.717) is 49.6 Å². The van der Waals surface area contributed by atoms with E-state index >= 15 is 4.39 Å². The molecular weight excluding hydrogens is 637 g/mol. The number of benzene rings is 2. The Morgan fingerprint density at radius 1 is 1.20 bits per heavy atom. The zero-order valence-corrected chi connectivity index (χ0v) is 27.1. The average Bonchev–Trinajstić information content (AvgIpc) is 3.61. The predicted molar refractivity (Wildman–Crippen MR) is 174 cm³/mol. The van der Waals surface area contributed by atoms with Gasteiger partial charge in [-0.1, -0.05) is 30.3 Å². The minimum atomic E-state index is -0.747. The lowest BCUT2D eigenvalue weighted by atomic mass is 9.90. The Morgan fingerprint density at radius 3 is 2.71 bits per heavy atom. The minimum absolute atomic E-state index is 0.107. The van der Waals surface area contributed by atoms with Gasteiger partial charge < -0.3 is 14.8 Å². The Kier molecular flexibility index (Phi) is 8.49. The second-order valence-corrected chi connectivity index (χ2v) is 13.7. The summed E-state index contributed by atoms with van der Waals surface area (Å²) in [6.07, 6.45) is 0.886. The Morgan fingerprint density at radius 2 is 2.00 bits per heavy atom. The van der Waals surface area contributed by atoms with Crippen molar-refractivity contribution in [3.63, 3.8) is 0 Å². The fraction of sp³-hybridized carbons (Fsp3) is 0.290. The van der Waals surface area contributed by atoms with E-state index in [-0.39, 0.29) is 34.4 Å². The number of nitriles is 1. The van der Waals surface area contributed by atoms with Gasteiger partial charge in [0.15, 0.2) is 5.16 Å². The minimum Gasteiger partial charge on any atom is -0.444 e. The highest BCUT2D eigenvalue weighted by Crippen LogP contribution is 2.50. The molecule has 2 aromatic carbocycles. The van der Waals surface area contributed by atoms with Gasteiger partial charge in [-0.25, -0.2) is 19.2 Å². The number of hydrogen-bond donors (Lipinski definition) is 2. The molecule has 0 bridgehead atoms. The zero-order valence-electron chi connectivity index (χ0n) is 24.7. The van der Waals surface area contributed by atoms with E-state index in [1.54, 1.807) is 39.1 Å². The number of hydrogen-bond acceptors (Lipinski definition) is 11. The molecule has 0 fully saturated rings. The highest BCUT2D eigenvalue weighted by atomic mass is 35.5. The largest absolute Gasteiger partial charge is 0.444 e. The SMILES string of the molecule is CCSc1nc(NCc2cccnn2)c2c3c(c(-c4c(F)ccc5sc(NC(=O)OC(C)(C)C)c(C#N)c45)c(Cl)c2n1)COC3.